The molecule has 0 radical (unpaired) electrons. The first-order valence-corrected chi connectivity index (χ1v) is 14.7. The van der Waals surface area contributed by atoms with E-state index in [-0.39, 0.29) is 59.4 Å². The van der Waals surface area contributed by atoms with E-state index >= 15 is 0 Å². The number of carbonyl (C=O) groups is 1. The van der Waals surface area contributed by atoms with Crippen molar-refractivity contribution in [1.82, 2.24) is 29.2 Å². The third-order valence-electron chi connectivity index (χ3n) is 5.38. The Morgan fingerprint density at radius 3 is 1.77 bits per heavy atom. The number of nitrogens with zero attached hydrogens (tertiary/aromatic N) is 4. The molecule has 0 saturated heterocycles. The highest BCUT2D eigenvalue weighted by molar-refractivity contribution is 7.89. The molecule has 0 fully saturated rings. The minimum atomic E-state index is -3.79. The summed E-state index contributed by atoms with van der Waals surface area (Å²) < 4.78 is 54.7. The molecule has 4 aromatic rings. The van der Waals surface area contributed by atoms with Crippen molar-refractivity contribution >= 4 is 60.1 Å². The molecule has 15 nitrogen and oxygen atoms in total. The Morgan fingerprint density at radius 2 is 1.30 bits per heavy atom. The van der Waals surface area contributed by atoms with Crippen molar-refractivity contribution in [3.8, 4) is 0 Å². The average Bonchev–Trinajstić information content (AvgIpc) is 3.36. The molecule has 212 valence electrons. The topological polar surface area (TPSA) is 218 Å². The number of sulfonamides is 2. The summed E-state index contributed by atoms with van der Waals surface area (Å²) >= 11 is 0. The lowest BCUT2D eigenvalue weighted by Crippen LogP contribution is -2.26. The Labute approximate surface area is 229 Å². The van der Waals surface area contributed by atoms with Crippen LogP contribution in [0, 0.1) is 0 Å². The molecule has 4 rings (SSSR count). The van der Waals surface area contributed by atoms with Crippen molar-refractivity contribution in [2.24, 2.45) is 0 Å². The average molecular weight is 591 g/mol. The number of hydrogen-bond acceptors (Lipinski definition) is 12. The number of fused-ring (bicyclic) bond motifs is 1. The molecular weight excluding hydrogens is 564 g/mol. The fraction of sp³-hybridized carbons (Fsp3) is 0.217. The fourth-order valence-electron chi connectivity index (χ4n) is 3.52. The number of aliphatic hydroxyl groups excluding tert-OH is 2. The quantitative estimate of drug-likeness (QED) is 0.133. The molecule has 2 aromatic carbocycles. The first-order valence-electron chi connectivity index (χ1n) is 11.8. The minimum absolute atomic E-state index is 0.00287. The summed E-state index contributed by atoms with van der Waals surface area (Å²) in [5, 5.41) is 28.3. The second-order valence-electron chi connectivity index (χ2n) is 8.25. The van der Waals surface area contributed by atoms with Gasteiger partial charge in [0, 0.05) is 31.4 Å². The van der Waals surface area contributed by atoms with Gasteiger partial charge in [0.15, 0.2) is 5.65 Å². The van der Waals surface area contributed by atoms with Gasteiger partial charge in [0.1, 0.15) is 5.82 Å². The highest BCUT2D eigenvalue weighted by Crippen LogP contribution is 2.27. The second-order valence-corrected chi connectivity index (χ2v) is 11.8. The van der Waals surface area contributed by atoms with Crippen molar-refractivity contribution in [3.63, 3.8) is 0 Å². The molecule has 0 aliphatic heterocycles. The zero-order valence-corrected chi connectivity index (χ0v) is 22.7. The van der Waals surface area contributed by atoms with Gasteiger partial charge in [-0.15, -0.1) is 0 Å². The number of anilines is 4. The summed E-state index contributed by atoms with van der Waals surface area (Å²) in [4.78, 5) is 21.0. The first kappa shape index (κ1) is 29.0. The number of hydrogen-bond donors (Lipinski definition) is 6. The van der Waals surface area contributed by atoms with Gasteiger partial charge >= 0.3 is 0 Å². The molecule has 2 heterocycles. The molecule has 17 heteroatoms. The largest absolute Gasteiger partial charge is 0.395 e. The lowest BCUT2D eigenvalue weighted by molar-refractivity contribution is 0.0926. The maximum atomic E-state index is 12.3. The third-order valence-corrected chi connectivity index (χ3v) is 8.34. The van der Waals surface area contributed by atoms with Gasteiger partial charge in [-0.1, -0.05) is 0 Å². The predicted molar refractivity (Wildman–Crippen MR) is 146 cm³/mol. The van der Waals surface area contributed by atoms with Crippen LogP contribution in [0.15, 0.2) is 64.5 Å². The molecule has 0 bridgehead atoms. The standard InChI is InChI=1S/C23H26N8O7S2/c1-15(34)31-22-20(14-24-31)21(27-16-2-6-18(7-3-16)39(35,36)25-10-12-32)29-23(30-22)28-17-4-8-19(9-5-17)40(37,38)26-11-13-33/h2-9,14,25-26,32-33H,10-13H2,1H3,(H2,27,28,29,30). The summed E-state index contributed by atoms with van der Waals surface area (Å²) in [6.07, 6.45) is 1.42. The van der Waals surface area contributed by atoms with Crippen molar-refractivity contribution < 1.29 is 31.8 Å². The smallest absolute Gasteiger partial charge is 0.245 e. The SMILES string of the molecule is CC(=O)n1ncc2c(Nc3ccc(S(=O)(=O)NCCO)cc3)nc(Nc3ccc(S(=O)(=O)NCCO)cc3)nc21. The number of nitrogens with one attached hydrogen (secondary N) is 4. The molecule has 0 spiro atoms. The van der Waals surface area contributed by atoms with Gasteiger partial charge in [0.05, 0.1) is 34.6 Å². The van der Waals surface area contributed by atoms with Gasteiger partial charge in [0.25, 0.3) is 0 Å². The van der Waals surface area contributed by atoms with Crippen LogP contribution in [0.25, 0.3) is 11.0 Å². The van der Waals surface area contributed by atoms with Crippen molar-refractivity contribution in [1.29, 1.82) is 0 Å². The molecule has 0 aliphatic rings. The van der Waals surface area contributed by atoms with Crippen LogP contribution in [0.1, 0.15) is 11.7 Å². The summed E-state index contributed by atoms with van der Waals surface area (Å²) in [5.41, 5.74) is 1.13. The van der Waals surface area contributed by atoms with Gasteiger partial charge in [-0.25, -0.2) is 26.3 Å². The van der Waals surface area contributed by atoms with Crippen LogP contribution in [0.5, 0.6) is 0 Å². The molecule has 0 atom stereocenters. The Bertz CT molecular complexity index is 1720. The summed E-state index contributed by atoms with van der Waals surface area (Å²) in [7, 11) is -7.58. The molecule has 0 saturated carbocycles. The Kier molecular flexibility index (Phi) is 8.72. The van der Waals surface area contributed by atoms with E-state index in [0.717, 1.165) is 4.68 Å². The summed E-state index contributed by atoms with van der Waals surface area (Å²) in [6.45, 7) is 0.420. The zero-order valence-electron chi connectivity index (χ0n) is 21.1. The number of aromatic nitrogens is 4. The van der Waals surface area contributed by atoms with Crippen LogP contribution >= 0.6 is 0 Å². The van der Waals surface area contributed by atoms with E-state index in [9.17, 15) is 21.6 Å². The normalized spacial score (nSPS) is 12.0. The maximum absolute atomic E-state index is 12.3. The fourth-order valence-corrected chi connectivity index (χ4v) is 5.56. The molecule has 0 unspecified atom stereocenters. The van der Waals surface area contributed by atoms with Crippen LogP contribution in [0.2, 0.25) is 0 Å². The van der Waals surface area contributed by atoms with Crippen LogP contribution in [0.3, 0.4) is 0 Å². The van der Waals surface area contributed by atoms with Crippen LogP contribution in [0.4, 0.5) is 23.1 Å². The van der Waals surface area contributed by atoms with Crippen LogP contribution in [-0.2, 0) is 20.0 Å². The Morgan fingerprint density at radius 1 is 0.800 bits per heavy atom. The Hall–Kier alpha value is -4.00. The van der Waals surface area contributed by atoms with Crippen molar-refractivity contribution in [2.45, 2.75) is 16.7 Å². The molecule has 6 N–H and O–H groups in total. The van der Waals surface area contributed by atoms with E-state index in [1.165, 1.54) is 61.7 Å². The molecular formula is C23H26N8O7S2. The Balaban J connectivity index is 1.64. The minimum Gasteiger partial charge on any atom is -0.395 e. The van der Waals surface area contributed by atoms with E-state index in [2.05, 4.69) is 35.1 Å². The molecule has 0 amide bonds. The van der Waals surface area contributed by atoms with E-state index in [4.69, 9.17) is 10.2 Å². The highest BCUT2D eigenvalue weighted by atomic mass is 32.2. The van der Waals surface area contributed by atoms with Crippen LogP contribution < -0.4 is 20.1 Å². The van der Waals surface area contributed by atoms with Gasteiger partial charge in [-0.05, 0) is 48.5 Å². The van der Waals surface area contributed by atoms with E-state index < -0.39 is 20.0 Å². The molecule has 2 aromatic heterocycles. The summed E-state index contributed by atoms with van der Waals surface area (Å²) in [5.74, 6) is -0.0543. The van der Waals surface area contributed by atoms with E-state index in [1.807, 2.05) is 0 Å². The van der Waals surface area contributed by atoms with Gasteiger partial charge in [0.2, 0.25) is 31.9 Å². The first-order chi connectivity index (χ1) is 19.0. The highest BCUT2D eigenvalue weighted by Gasteiger charge is 2.18. The number of rotatable bonds is 12. The molecule has 40 heavy (non-hydrogen) atoms. The lowest BCUT2D eigenvalue weighted by Gasteiger charge is -2.12. The van der Waals surface area contributed by atoms with Gasteiger partial charge in [-0.3, -0.25) is 4.79 Å². The van der Waals surface area contributed by atoms with Crippen molar-refractivity contribution in [2.75, 3.05) is 36.9 Å². The third kappa shape index (κ3) is 6.58. The van der Waals surface area contributed by atoms with Gasteiger partial charge < -0.3 is 20.8 Å². The number of aliphatic hydroxyl groups is 2. The van der Waals surface area contributed by atoms with Crippen molar-refractivity contribution in [3.05, 3.63) is 54.7 Å². The zero-order chi connectivity index (χ0) is 28.9. The van der Waals surface area contributed by atoms with E-state index in [1.54, 1.807) is 0 Å². The van der Waals surface area contributed by atoms with Crippen LogP contribution in [-0.4, -0.2) is 79.0 Å². The molecule has 0 aliphatic carbocycles. The lowest BCUT2D eigenvalue weighted by atomic mass is 10.3. The monoisotopic (exact) mass is 590 g/mol. The maximum Gasteiger partial charge on any atom is 0.245 e. The van der Waals surface area contributed by atoms with E-state index in [0.29, 0.717) is 16.8 Å². The predicted octanol–water partition coefficient (Wildman–Crippen LogP) is 0.515. The van der Waals surface area contributed by atoms with Gasteiger partial charge in [-0.2, -0.15) is 19.7 Å². The number of carbonyl (C=O) groups excluding carboxylic acids is 1. The second kappa shape index (κ2) is 12.0. The summed E-state index contributed by atoms with van der Waals surface area (Å²) in [6, 6.07) is 11.5. The number of benzene rings is 2.